The van der Waals surface area contributed by atoms with Crippen LogP contribution in [0.25, 0.3) is 0 Å². The molecular formula is C16H26N4O2S. The molecule has 3 rings (SSSR count). The maximum absolute atomic E-state index is 11.9. The first-order chi connectivity index (χ1) is 10.9. The van der Waals surface area contributed by atoms with Gasteiger partial charge in [0.25, 0.3) is 0 Å². The van der Waals surface area contributed by atoms with E-state index in [9.17, 15) is 4.79 Å². The van der Waals surface area contributed by atoms with Crippen molar-refractivity contribution in [1.29, 1.82) is 0 Å². The first-order valence-electron chi connectivity index (χ1n) is 8.29. The largest absolute Gasteiger partial charge is 0.444 e. The Morgan fingerprint density at radius 1 is 1.30 bits per heavy atom. The predicted octanol–water partition coefficient (Wildman–Crippen LogP) is 2.32. The Morgan fingerprint density at radius 2 is 2.00 bits per heavy atom. The second kappa shape index (κ2) is 6.65. The number of hydrogen-bond donors (Lipinski definition) is 1. The summed E-state index contributed by atoms with van der Waals surface area (Å²) in [5.41, 5.74) is -0.418. The van der Waals surface area contributed by atoms with Crippen molar-refractivity contribution in [2.45, 2.75) is 51.3 Å². The van der Waals surface area contributed by atoms with Gasteiger partial charge in [0.1, 0.15) is 5.60 Å². The number of anilines is 1. The minimum atomic E-state index is -0.418. The molecule has 23 heavy (non-hydrogen) atoms. The molecule has 1 aromatic heterocycles. The highest BCUT2D eigenvalue weighted by Gasteiger charge is 2.35. The van der Waals surface area contributed by atoms with Crippen LogP contribution in [0, 0.1) is 0 Å². The smallest absolute Gasteiger partial charge is 0.410 e. The number of aromatic nitrogens is 1. The van der Waals surface area contributed by atoms with Crippen molar-refractivity contribution in [1.82, 2.24) is 15.2 Å². The Bertz CT molecular complexity index is 515. The van der Waals surface area contributed by atoms with Crippen molar-refractivity contribution in [3.63, 3.8) is 0 Å². The van der Waals surface area contributed by atoms with Gasteiger partial charge in [-0.2, -0.15) is 0 Å². The third kappa shape index (κ3) is 4.35. The maximum atomic E-state index is 11.9. The molecule has 7 heteroatoms. The van der Waals surface area contributed by atoms with E-state index in [0.29, 0.717) is 12.1 Å². The zero-order valence-electron chi connectivity index (χ0n) is 14.1. The number of carbonyl (C=O) groups excluding carboxylic acids is 1. The minimum Gasteiger partial charge on any atom is -0.444 e. The molecule has 2 saturated heterocycles. The van der Waals surface area contributed by atoms with Crippen LogP contribution in [0.15, 0.2) is 11.6 Å². The fourth-order valence-electron chi connectivity index (χ4n) is 3.00. The van der Waals surface area contributed by atoms with Crippen LogP contribution in [-0.2, 0) is 4.74 Å². The lowest BCUT2D eigenvalue weighted by Gasteiger charge is -2.43. The van der Waals surface area contributed by atoms with Gasteiger partial charge in [0.15, 0.2) is 5.13 Å². The van der Waals surface area contributed by atoms with Gasteiger partial charge in [-0.05, 0) is 33.6 Å². The van der Waals surface area contributed by atoms with Gasteiger partial charge in [-0.3, -0.25) is 0 Å². The summed E-state index contributed by atoms with van der Waals surface area (Å²) < 4.78 is 5.38. The molecule has 0 aliphatic carbocycles. The second-order valence-electron chi connectivity index (χ2n) is 7.32. The molecule has 3 heterocycles. The van der Waals surface area contributed by atoms with Crippen molar-refractivity contribution in [2.24, 2.45) is 0 Å². The minimum absolute atomic E-state index is 0.200. The number of carbonyl (C=O) groups is 1. The normalized spacial score (nSPS) is 20.5. The number of hydrogen-bond acceptors (Lipinski definition) is 6. The zero-order valence-corrected chi connectivity index (χ0v) is 14.9. The van der Waals surface area contributed by atoms with Crippen LogP contribution in [0.4, 0.5) is 9.93 Å². The first kappa shape index (κ1) is 16.5. The van der Waals surface area contributed by atoms with E-state index < -0.39 is 5.60 Å². The number of thiazole rings is 1. The van der Waals surface area contributed by atoms with E-state index >= 15 is 0 Å². The SMILES string of the molecule is CC(C)(C)OC(=O)N1CC(NC2CCN(c3nccs3)CC2)C1. The third-order valence-electron chi connectivity index (χ3n) is 4.19. The molecule has 2 aliphatic heterocycles. The van der Waals surface area contributed by atoms with Gasteiger partial charge in [0.05, 0.1) is 0 Å². The monoisotopic (exact) mass is 338 g/mol. The van der Waals surface area contributed by atoms with Gasteiger partial charge in [-0.15, -0.1) is 11.3 Å². The molecule has 0 aromatic carbocycles. The number of amides is 1. The lowest BCUT2D eigenvalue weighted by atomic mass is 10.0. The van der Waals surface area contributed by atoms with E-state index in [1.807, 2.05) is 32.3 Å². The molecule has 128 valence electrons. The lowest BCUT2D eigenvalue weighted by molar-refractivity contribution is 0.00385. The van der Waals surface area contributed by atoms with Gasteiger partial charge in [-0.1, -0.05) is 0 Å². The highest BCUT2D eigenvalue weighted by Crippen LogP contribution is 2.23. The molecule has 1 aromatic rings. The second-order valence-corrected chi connectivity index (χ2v) is 8.20. The Balaban J connectivity index is 1.36. The van der Waals surface area contributed by atoms with E-state index in [1.54, 1.807) is 16.2 Å². The summed E-state index contributed by atoms with van der Waals surface area (Å²) in [7, 11) is 0. The molecule has 0 saturated carbocycles. The molecule has 2 fully saturated rings. The number of piperidine rings is 1. The van der Waals surface area contributed by atoms with Crippen molar-refractivity contribution in [2.75, 3.05) is 31.1 Å². The summed E-state index contributed by atoms with van der Waals surface area (Å²) in [6, 6.07) is 0.941. The van der Waals surface area contributed by atoms with Crippen molar-refractivity contribution < 1.29 is 9.53 Å². The number of nitrogens with zero attached hydrogens (tertiary/aromatic N) is 3. The molecular weight excluding hydrogens is 312 g/mol. The summed E-state index contributed by atoms with van der Waals surface area (Å²) in [4.78, 5) is 20.4. The van der Waals surface area contributed by atoms with Crippen LogP contribution in [0.1, 0.15) is 33.6 Å². The van der Waals surface area contributed by atoms with E-state index in [4.69, 9.17) is 4.74 Å². The number of nitrogens with one attached hydrogen (secondary N) is 1. The molecule has 0 bridgehead atoms. The van der Waals surface area contributed by atoms with Crippen LogP contribution < -0.4 is 10.2 Å². The summed E-state index contributed by atoms with van der Waals surface area (Å²) in [5.74, 6) is 0. The van der Waals surface area contributed by atoms with E-state index in [0.717, 1.165) is 44.2 Å². The quantitative estimate of drug-likeness (QED) is 0.917. The van der Waals surface area contributed by atoms with Gasteiger partial charge in [0, 0.05) is 49.8 Å². The molecule has 1 amide bonds. The van der Waals surface area contributed by atoms with E-state index in [2.05, 4.69) is 15.2 Å². The van der Waals surface area contributed by atoms with Gasteiger partial charge >= 0.3 is 6.09 Å². The molecule has 0 radical (unpaired) electrons. The number of ether oxygens (including phenoxy) is 1. The van der Waals surface area contributed by atoms with Gasteiger partial charge in [-0.25, -0.2) is 9.78 Å². The predicted molar refractivity (Wildman–Crippen MR) is 92.1 cm³/mol. The summed E-state index contributed by atoms with van der Waals surface area (Å²) in [6.07, 6.45) is 3.92. The van der Waals surface area contributed by atoms with Crippen molar-refractivity contribution in [3.8, 4) is 0 Å². The first-order valence-corrected chi connectivity index (χ1v) is 9.17. The van der Waals surface area contributed by atoms with E-state index in [1.165, 1.54) is 0 Å². The molecule has 0 atom stereocenters. The topological polar surface area (TPSA) is 57.7 Å². The van der Waals surface area contributed by atoms with Crippen LogP contribution >= 0.6 is 11.3 Å². The van der Waals surface area contributed by atoms with Gasteiger partial charge < -0.3 is 19.9 Å². The van der Waals surface area contributed by atoms with Crippen molar-refractivity contribution in [3.05, 3.63) is 11.6 Å². The van der Waals surface area contributed by atoms with Crippen LogP contribution in [-0.4, -0.2) is 59.8 Å². The Labute approximate surface area is 141 Å². The van der Waals surface area contributed by atoms with Crippen LogP contribution in [0.2, 0.25) is 0 Å². The molecule has 2 aliphatic rings. The zero-order chi connectivity index (χ0) is 16.4. The Kier molecular flexibility index (Phi) is 4.77. The molecule has 0 unspecified atom stereocenters. The number of likely N-dealkylation sites (tertiary alicyclic amines) is 1. The average Bonchev–Trinajstić information content (AvgIpc) is 2.95. The number of rotatable bonds is 3. The summed E-state index contributed by atoms with van der Waals surface area (Å²) in [5, 5.41) is 6.83. The maximum Gasteiger partial charge on any atom is 0.410 e. The molecule has 6 nitrogen and oxygen atoms in total. The third-order valence-corrected chi connectivity index (χ3v) is 5.02. The fraction of sp³-hybridized carbons (Fsp3) is 0.750. The highest BCUT2D eigenvalue weighted by atomic mass is 32.1. The van der Waals surface area contributed by atoms with Crippen molar-refractivity contribution >= 4 is 22.6 Å². The van der Waals surface area contributed by atoms with E-state index in [-0.39, 0.29) is 6.09 Å². The molecule has 0 spiro atoms. The fourth-order valence-corrected chi connectivity index (χ4v) is 3.70. The highest BCUT2D eigenvalue weighted by molar-refractivity contribution is 7.13. The lowest BCUT2D eigenvalue weighted by Crippen LogP contribution is -2.63. The summed E-state index contributed by atoms with van der Waals surface area (Å²) in [6.45, 7) is 9.30. The van der Waals surface area contributed by atoms with Crippen LogP contribution in [0.5, 0.6) is 0 Å². The Morgan fingerprint density at radius 3 is 2.57 bits per heavy atom. The average molecular weight is 338 g/mol. The Hall–Kier alpha value is -1.34. The molecule has 1 N–H and O–H groups in total. The summed E-state index contributed by atoms with van der Waals surface area (Å²) >= 11 is 1.70. The van der Waals surface area contributed by atoms with Gasteiger partial charge in [0.2, 0.25) is 0 Å². The van der Waals surface area contributed by atoms with Crippen LogP contribution in [0.3, 0.4) is 0 Å². The standard InChI is InChI=1S/C16H26N4O2S/c1-16(2,3)22-15(21)20-10-13(11-20)18-12-4-7-19(8-5-12)14-17-6-9-23-14/h6,9,12-13,18H,4-5,7-8,10-11H2,1-3H3.